The van der Waals surface area contributed by atoms with Crippen LogP contribution in [0.15, 0.2) is 18.3 Å². The molecule has 2 aliphatic heterocycles. The highest BCUT2D eigenvalue weighted by molar-refractivity contribution is 5.82. The molecule has 1 unspecified atom stereocenters. The Balaban J connectivity index is 2.11. The Labute approximate surface area is 153 Å². The highest BCUT2D eigenvalue weighted by atomic mass is 19.4. The van der Waals surface area contributed by atoms with Gasteiger partial charge in [0, 0.05) is 46.5 Å². The summed E-state index contributed by atoms with van der Waals surface area (Å²) in [7, 11) is 3.74. The zero-order valence-electron chi connectivity index (χ0n) is 15.8. The van der Waals surface area contributed by atoms with Gasteiger partial charge in [-0.15, -0.1) is 0 Å². The molecule has 7 heteroatoms. The van der Waals surface area contributed by atoms with Gasteiger partial charge in [0.2, 0.25) is 0 Å². The van der Waals surface area contributed by atoms with Crippen LogP contribution in [0.5, 0.6) is 0 Å². The summed E-state index contributed by atoms with van der Waals surface area (Å²) < 4.78 is 41.5. The van der Waals surface area contributed by atoms with Crippen molar-refractivity contribution in [3.8, 4) is 0 Å². The minimum Gasteiger partial charge on any atom is -0.371 e. The molecule has 1 aromatic carbocycles. The first kappa shape index (κ1) is 18.9. The standard InChI is InChI=1S/C19H27F3N4/c1-5-13(2)11-26-7-6-24(3)17-8-15(14-10-23-25(4)12-14)16(9-18(17)26)19(20,21)22/h8-9,12-13,23H,5-7,10-11H2,1-4H3. The van der Waals surface area contributed by atoms with Gasteiger partial charge in [-0.2, -0.15) is 13.2 Å². The molecule has 2 aliphatic rings. The van der Waals surface area contributed by atoms with Gasteiger partial charge in [0.1, 0.15) is 0 Å². The van der Waals surface area contributed by atoms with Gasteiger partial charge < -0.3 is 14.8 Å². The van der Waals surface area contributed by atoms with Gasteiger partial charge in [-0.1, -0.05) is 20.3 Å². The summed E-state index contributed by atoms with van der Waals surface area (Å²) in [5, 5.41) is 1.70. The van der Waals surface area contributed by atoms with Gasteiger partial charge in [-0.05, 0) is 29.2 Å². The van der Waals surface area contributed by atoms with E-state index in [0.717, 1.165) is 31.7 Å². The SMILES string of the molecule is CCC(C)CN1CCN(C)c2cc(C3=CN(C)NC3)c(C(F)(F)F)cc21. The van der Waals surface area contributed by atoms with E-state index in [0.29, 0.717) is 23.7 Å². The summed E-state index contributed by atoms with van der Waals surface area (Å²) in [5.41, 5.74) is 4.97. The van der Waals surface area contributed by atoms with Crippen molar-refractivity contribution in [3.05, 3.63) is 29.5 Å². The molecule has 1 aromatic rings. The van der Waals surface area contributed by atoms with E-state index in [2.05, 4.69) is 29.1 Å². The fraction of sp³-hybridized carbons (Fsp3) is 0.579. The average molecular weight is 368 g/mol. The van der Waals surface area contributed by atoms with Crippen LogP contribution in [-0.4, -0.2) is 45.3 Å². The minimum absolute atomic E-state index is 0.269. The normalized spacial score (nSPS) is 18.9. The summed E-state index contributed by atoms with van der Waals surface area (Å²) in [6.07, 6.45) is -1.64. The number of hydrazine groups is 1. The van der Waals surface area contributed by atoms with Crippen molar-refractivity contribution in [2.45, 2.75) is 26.4 Å². The third kappa shape index (κ3) is 3.63. The topological polar surface area (TPSA) is 21.8 Å². The maximum Gasteiger partial charge on any atom is 0.417 e. The van der Waals surface area contributed by atoms with Gasteiger partial charge in [0.15, 0.2) is 0 Å². The van der Waals surface area contributed by atoms with Crippen molar-refractivity contribution in [2.24, 2.45) is 5.92 Å². The summed E-state index contributed by atoms with van der Waals surface area (Å²) in [6.45, 7) is 6.99. The van der Waals surface area contributed by atoms with Crippen molar-refractivity contribution in [1.82, 2.24) is 10.4 Å². The number of anilines is 2. The van der Waals surface area contributed by atoms with Crippen molar-refractivity contribution in [2.75, 3.05) is 50.1 Å². The molecule has 0 fully saturated rings. The number of rotatable bonds is 4. The van der Waals surface area contributed by atoms with Crippen molar-refractivity contribution >= 4 is 16.9 Å². The number of nitrogens with zero attached hydrogens (tertiary/aromatic N) is 3. The molecule has 4 nitrogen and oxygen atoms in total. The van der Waals surface area contributed by atoms with Gasteiger partial charge in [0.05, 0.1) is 16.9 Å². The Morgan fingerprint density at radius 1 is 1.15 bits per heavy atom. The predicted molar refractivity (Wildman–Crippen MR) is 100 cm³/mol. The van der Waals surface area contributed by atoms with Crippen LogP contribution in [0, 0.1) is 5.92 Å². The lowest BCUT2D eigenvalue weighted by atomic mass is 9.96. The van der Waals surface area contributed by atoms with Crippen LogP contribution < -0.4 is 15.2 Å². The first-order valence-corrected chi connectivity index (χ1v) is 9.09. The zero-order valence-corrected chi connectivity index (χ0v) is 15.8. The van der Waals surface area contributed by atoms with Gasteiger partial charge >= 0.3 is 6.18 Å². The van der Waals surface area contributed by atoms with E-state index in [1.54, 1.807) is 24.3 Å². The summed E-state index contributed by atoms with van der Waals surface area (Å²) in [4.78, 5) is 4.16. The molecule has 0 bridgehead atoms. The third-order valence-electron chi connectivity index (χ3n) is 5.32. The fourth-order valence-corrected chi connectivity index (χ4v) is 3.54. The molecule has 0 aromatic heterocycles. The molecular weight excluding hydrogens is 341 g/mol. The largest absolute Gasteiger partial charge is 0.417 e. The van der Waals surface area contributed by atoms with Crippen LogP contribution in [0.25, 0.3) is 5.57 Å². The maximum atomic E-state index is 13.8. The third-order valence-corrected chi connectivity index (χ3v) is 5.32. The second-order valence-corrected chi connectivity index (χ2v) is 7.37. The summed E-state index contributed by atoms with van der Waals surface area (Å²) in [6, 6.07) is 3.06. The first-order valence-electron chi connectivity index (χ1n) is 9.09. The Morgan fingerprint density at radius 2 is 1.88 bits per heavy atom. The van der Waals surface area contributed by atoms with E-state index in [9.17, 15) is 13.2 Å². The molecule has 144 valence electrons. The van der Waals surface area contributed by atoms with Crippen LogP contribution in [0.2, 0.25) is 0 Å². The molecule has 1 atom stereocenters. The van der Waals surface area contributed by atoms with Gasteiger partial charge in [0.25, 0.3) is 0 Å². The molecule has 1 N–H and O–H groups in total. The second kappa shape index (κ2) is 7.02. The molecule has 26 heavy (non-hydrogen) atoms. The Morgan fingerprint density at radius 3 is 2.46 bits per heavy atom. The summed E-state index contributed by atoms with van der Waals surface area (Å²) >= 11 is 0. The van der Waals surface area contributed by atoms with Gasteiger partial charge in [-0.25, -0.2) is 5.43 Å². The maximum absolute atomic E-state index is 13.8. The van der Waals surface area contributed by atoms with Crippen LogP contribution in [0.3, 0.4) is 0 Å². The molecule has 0 spiro atoms. The Hall–Kier alpha value is -1.89. The van der Waals surface area contributed by atoms with E-state index in [1.807, 2.05) is 7.05 Å². The molecule has 0 saturated carbocycles. The lowest BCUT2D eigenvalue weighted by Crippen LogP contribution is -2.41. The number of hydrogen-bond acceptors (Lipinski definition) is 4. The highest BCUT2D eigenvalue weighted by Crippen LogP contribution is 2.43. The number of likely N-dealkylation sites (N-methyl/N-ethyl adjacent to an activating group) is 1. The molecule has 2 heterocycles. The average Bonchev–Trinajstić information content (AvgIpc) is 3.02. The number of alkyl halides is 3. The quantitative estimate of drug-likeness (QED) is 0.873. The predicted octanol–water partition coefficient (Wildman–Crippen LogP) is 3.80. The Bertz CT molecular complexity index is 699. The number of halogens is 3. The number of nitrogens with one attached hydrogen (secondary N) is 1. The van der Waals surface area contributed by atoms with Crippen molar-refractivity contribution < 1.29 is 13.2 Å². The lowest BCUT2D eigenvalue weighted by molar-refractivity contribution is -0.137. The monoisotopic (exact) mass is 368 g/mol. The van der Waals surface area contributed by atoms with E-state index < -0.39 is 11.7 Å². The van der Waals surface area contributed by atoms with E-state index >= 15 is 0 Å². The minimum atomic E-state index is -4.38. The zero-order chi connectivity index (χ0) is 19.1. The Kier molecular flexibility index (Phi) is 5.10. The van der Waals surface area contributed by atoms with Crippen LogP contribution in [0.1, 0.15) is 31.4 Å². The van der Waals surface area contributed by atoms with E-state index in [4.69, 9.17) is 0 Å². The molecule has 0 saturated heterocycles. The molecule has 0 aliphatic carbocycles. The highest BCUT2D eigenvalue weighted by Gasteiger charge is 2.37. The smallest absolute Gasteiger partial charge is 0.371 e. The molecular formula is C19H27F3N4. The molecule has 0 radical (unpaired) electrons. The van der Waals surface area contributed by atoms with E-state index in [1.165, 1.54) is 6.07 Å². The van der Waals surface area contributed by atoms with Crippen LogP contribution in [0.4, 0.5) is 24.5 Å². The van der Waals surface area contributed by atoms with Crippen LogP contribution >= 0.6 is 0 Å². The number of fused-ring (bicyclic) bond motifs is 1. The van der Waals surface area contributed by atoms with Gasteiger partial charge in [-0.3, -0.25) is 0 Å². The second-order valence-electron chi connectivity index (χ2n) is 7.37. The van der Waals surface area contributed by atoms with Crippen LogP contribution in [-0.2, 0) is 6.18 Å². The van der Waals surface area contributed by atoms with Crippen molar-refractivity contribution in [1.29, 1.82) is 0 Å². The number of benzene rings is 1. The number of hydrogen-bond donors (Lipinski definition) is 1. The first-order chi connectivity index (χ1) is 12.2. The molecule has 3 rings (SSSR count). The fourth-order valence-electron chi connectivity index (χ4n) is 3.54. The lowest BCUT2D eigenvalue weighted by Gasteiger charge is -2.39. The molecule has 0 amide bonds. The van der Waals surface area contributed by atoms with E-state index in [-0.39, 0.29) is 5.56 Å². The summed E-state index contributed by atoms with van der Waals surface area (Å²) in [5.74, 6) is 0.440. The van der Waals surface area contributed by atoms with Crippen molar-refractivity contribution in [3.63, 3.8) is 0 Å².